The van der Waals surface area contributed by atoms with Gasteiger partial charge in [0.05, 0.1) is 10.0 Å². The number of nitrogens with zero attached hydrogens (tertiary/aromatic N) is 1. The van der Waals surface area contributed by atoms with Crippen LogP contribution in [0.3, 0.4) is 0 Å². The summed E-state index contributed by atoms with van der Waals surface area (Å²) in [5.74, 6) is -0.476. The molecule has 0 saturated carbocycles. The Kier molecular flexibility index (Phi) is 5.83. The van der Waals surface area contributed by atoms with Gasteiger partial charge < -0.3 is 5.32 Å². The van der Waals surface area contributed by atoms with Crippen molar-refractivity contribution in [3.8, 4) is 6.07 Å². The van der Waals surface area contributed by atoms with Crippen molar-refractivity contribution in [2.24, 2.45) is 0 Å². The van der Waals surface area contributed by atoms with E-state index in [9.17, 15) is 10.1 Å². The molecule has 2 aromatic carbocycles. The Hall–Kier alpha value is -1.55. The summed E-state index contributed by atoms with van der Waals surface area (Å²) in [5.41, 5.74) is 1.24. The number of carbonyl (C=O) groups excluding carboxylic acids is 1. The van der Waals surface area contributed by atoms with Crippen molar-refractivity contribution in [1.29, 1.82) is 5.26 Å². The molecule has 110 valence electrons. The fourth-order valence-corrected chi connectivity index (χ4v) is 2.53. The summed E-state index contributed by atoms with van der Waals surface area (Å²) in [6.07, 6.45) is 1.46. The van der Waals surface area contributed by atoms with Gasteiger partial charge in [0.15, 0.2) is 0 Å². The van der Waals surface area contributed by atoms with Crippen LogP contribution in [0.25, 0.3) is 6.08 Å². The van der Waals surface area contributed by atoms with E-state index in [1.807, 2.05) is 24.3 Å². The molecule has 0 unspecified atom stereocenters. The zero-order chi connectivity index (χ0) is 16.1. The molecule has 0 radical (unpaired) electrons. The number of rotatable bonds is 3. The van der Waals surface area contributed by atoms with Gasteiger partial charge in [-0.15, -0.1) is 0 Å². The van der Waals surface area contributed by atoms with Gasteiger partial charge in [0.2, 0.25) is 0 Å². The van der Waals surface area contributed by atoms with Crippen molar-refractivity contribution in [2.75, 3.05) is 5.32 Å². The largest absolute Gasteiger partial charge is 0.321 e. The second-order valence-corrected chi connectivity index (χ2v) is 6.37. The summed E-state index contributed by atoms with van der Waals surface area (Å²) >= 11 is 13.9. The van der Waals surface area contributed by atoms with Gasteiger partial charge in [-0.25, -0.2) is 0 Å². The highest BCUT2D eigenvalue weighted by atomic mass is 127. The van der Waals surface area contributed by atoms with Crippen LogP contribution in [0.15, 0.2) is 48.0 Å². The number of hydrogen-bond donors (Lipinski definition) is 1. The van der Waals surface area contributed by atoms with Crippen molar-refractivity contribution >= 4 is 63.5 Å². The first-order valence-corrected chi connectivity index (χ1v) is 7.97. The Morgan fingerprint density at radius 1 is 1.18 bits per heavy atom. The predicted molar refractivity (Wildman–Crippen MR) is 97.8 cm³/mol. The minimum atomic E-state index is -0.476. The van der Waals surface area contributed by atoms with Gasteiger partial charge in [-0.05, 0) is 64.6 Å². The van der Waals surface area contributed by atoms with E-state index in [4.69, 9.17) is 23.2 Å². The molecule has 0 atom stereocenters. The van der Waals surface area contributed by atoms with Crippen LogP contribution in [0.5, 0.6) is 0 Å². The molecule has 0 bridgehead atoms. The average Bonchev–Trinajstić information content (AvgIpc) is 2.48. The van der Waals surface area contributed by atoms with E-state index < -0.39 is 5.91 Å². The van der Waals surface area contributed by atoms with Crippen molar-refractivity contribution in [3.05, 3.63) is 67.2 Å². The lowest BCUT2D eigenvalue weighted by molar-refractivity contribution is -0.112. The zero-order valence-corrected chi connectivity index (χ0v) is 14.8. The van der Waals surface area contributed by atoms with Crippen LogP contribution in [-0.2, 0) is 4.79 Å². The second-order valence-electron chi connectivity index (χ2n) is 4.31. The van der Waals surface area contributed by atoms with E-state index in [1.54, 1.807) is 24.3 Å². The number of hydrogen-bond acceptors (Lipinski definition) is 2. The summed E-state index contributed by atoms with van der Waals surface area (Å²) in [4.78, 5) is 12.1. The molecule has 22 heavy (non-hydrogen) atoms. The molecule has 0 aliphatic carbocycles. The Morgan fingerprint density at radius 2 is 1.95 bits per heavy atom. The number of benzene rings is 2. The van der Waals surface area contributed by atoms with Gasteiger partial charge in [0.25, 0.3) is 5.91 Å². The molecule has 1 amide bonds. The van der Waals surface area contributed by atoms with Crippen molar-refractivity contribution in [3.63, 3.8) is 0 Å². The Morgan fingerprint density at radius 3 is 2.59 bits per heavy atom. The van der Waals surface area contributed by atoms with Crippen LogP contribution in [0, 0.1) is 14.9 Å². The first-order valence-electron chi connectivity index (χ1n) is 6.13. The summed E-state index contributed by atoms with van der Waals surface area (Å²) in [6, 6.07) is 14.1. The van der Waals surface area contributed by atoms with Gasteiger partial charge >= 0.3 is 0 Å². The van der Waals surface area contributed by atoms with Crippen LogP contribution in [0.1, 0.15) is 5.56 Å². The third-order valence-corrected chi connectivity index (χ3v) is 4.11. The van der Waals surface area contributed by atoms with E-state index in [1.165, 1.54) is 6.08 Å². The standard InChI is InChI=1S/C16H9Cl2IN2O/c17-14-5-4-10(7-15(14)18)6-11(9-20)16(22)21-13-3-1-2-12(19)8-13/h1-8H,(H,21,22)/b11-6+. The minimum Gasteiger partial charge on any atom is -0.321 e. The van der Waals surface area contributed by atoms with Crippen LogP contribution in [0.4, 0.5) is 5.69 Å². The summed E-state index contributed by atoms with van der Waals surface area (Å²) < 4.78 is 0.988. The highest BCUT2D eigenvalue weighted by Crippen LogP contribution is 2.24. The smallest absolute Gasteiger partial charge is 0.266 e. The van der Waals surface area contributed by atoms with E-state index in [0.717, 1.165) is 3.57 Å². The molecule has 0 spiro atoms. The number of carbonyl (C=O) groups is 1. The lowest BCUT2D eigenvalue weighted by Crippen LogP contribution is -2.13. The van der Waals surface area contributed by atoms with E-state index >= 15 is 0 Å². The van der Waals surface area contributed by atoms with Crippen molar-refractivity contribution in [2.45, 2.75) is 0 Å². The fourth-order valence-electron chi connectivity index (χ4n) is 1.68. The maximum atomic E-state index is 12.1. The highest BCUT2D eigenvalue weighted by Gasteiger charge is 2.10. The number of halogens is 3. The molecule has 0 heterocycles. The molecule has 3 nitrogen and oxygen atoms in total. The summed E-state index contributed by atoms with van der Waals surface area (Å²) in [6.45, 7) is 0. The average molecular weight is 443 g/mol. The van der Waals surface area contributed by atoms with Gasteiger partial charge in [-0.1, -0.05) is 35.3 Å². The molecule has 0 saturated heterocycles. The van der Waals surface area contributed by atoms with Crippen LogP contribution in [0.2, 0.25) is 10.0 Å². The number of amides is 1. The third-order valence-electron chi connectivity index (χ3n) is 2.70. The SMILES string of the molecule is N#C/C(=C\c1ccc(Cl)c(Cl)c1)C(=O)Nc1cccc(I)c1. The molecule has 2 rings (SSSR count). The van der Waals surface area contributed by atoms with Gasteiger partial charge in [0, 0.05) is 9.26 Å². The highest BCUT2D eigenvalue weighted by molar-refractivity contribution is 14.1. The number of nitriles is 1. The zero-order valence-electron chi connectivity index (χ0n) is 11.1. The van der Waals surface area contributed by atoms with Crippen LogP contribution >= 0.6 is 45.8 Å². The minimum absolute atomic E-state index is 0.0164. The normalized spacial score (nSPS) is 10.9. The first-order chi connectivity index (χ1) is 10.5. The topological polar surface area (TPSA) is 52.9 Å². The maximum absolute atomic E-state index is 12.1. The summed E-state index contributed by atoms with van der Waals surface area (Å²) in [7, 11) is 0. The molecule has 0 fully saturated rings. The van der Waals surface area contributed by atoms with Crippen molar-refractivity contribution in [1.82, 2.24) is 0 Å². The van der Waals surface area contributed by atoms with E-state index in [0.29, 0.717) is 21.3 Å². The Bertz CT molecular complexity index is 797. The molecule has 0 aromatic heterocycles. The molecule has 1 N–H and O–H groups in total. The molecule has 2 aromatic rings. The lowest BCUT2D eigenvalue weighted by atomic mass is 10.1. The van der Waals surface area contributed by atoms with Gasteiger partial charge in [0.1, 0.15) is 11.6 Å². The maximum Gasteiger partial charge on any atom is 0.266 e. The molecule has 6 heteroatoms. The van der Waals surface area contributed by atoms with Gasteiger partial charge in [-0.2, -0.15) is 5.26 Å². The molecular formula is C16H9Cl2IN2O. The van der Waals surface area contributed by atoms with Crippen molar-refractivity contribution < 1.29 is 4.79 Å². The number of anilines is 1. The molecule has 0 aliphatic heterocycles. The predicted octanol–water partition coefficient (Wildman–Crippen LogP) is 5.14. The fraction of sp³-hybridized carbons (Fsp3) is 0. The Labute approximate surface area is 151 Å². The quantitative estimate of drug-likeness (QED) is 0.406. The monoisotopic (exact) mass is 442 g/mol. The summed E-state index contributed by atoms with van der Waals surface area (Å²) in [5, 5.41) is 12.6. The van der Waals surface area contributed by atoms with E-state index in [-0.39, 0.29) is 5.57 Å². The number of nitrogens with one attached hydrogen (secondary N) is 1. The first kappa shape index (κ1) is 16.8. The third kappa shape index (κ3) is 4.47. The van der Waals surface area contributed by atoms with Crippen LogP contribution in [-0.4, -0.2) is 5.91 Å². The second kappa shape index (κ2) is 7.63. The van der Waals surface area contributed by atoms with E-state index in [2.05, 4.69) is 27.9 Å². The molecule has 0 aliphatic rings. The lowest BCUT2D eigenvalue weighted by Gasteiger charge is -2.05. The molecular weight excluding hydrogens is 434 g/mol. The van der Waals surface area contributed by atoms with Gasteiger partial charge in [-0.3, -0.25) is 4.79 Å². The Balaban J connectivity index is 2.23. The van der Waals surface area contributed by atoms with Crippen LogP contribution < -0.4 is 5.32 Å².